The van der Waals surface area contributed by atoms with Crippen LogP contribution in [0.2, 0.25) is 0 Å². The lowest BCUT2D eigenvalue weighted by atomic mass is 10.5. The van der Waals surface area contributed by atoms with Gasteiger partial charge in [0.05, 0.1) is 0 Å². The van der Waals surface area contributed by atoms with Gasteiger partial charge in [-0.15, -0.1) is 0 Å². The fraction of sp³-hybridized carbons (Fsp3) is 0.667. The average Bonchev–Trinajstić information content (AvgIpc) is 2.27. The van der Waals surface area contributed by atoms with E-state index < -0.39 is 13.0 Å². The van der Waals surface area contributed by atoms with Crippen LogP contribution in [-0.4, -0.2) is 41.1 Å². The van der Waals surface area contributed by atoms with Crippen LogP contribution in [0.3, 0.4) is 0 Å². The predicted octanol–water partition coefficient (Wildman–Crippen LogP) is 0.944. The summed E-state index contributed by atoms with van der Waals surface area (Å²) in [6.45, 7) is 4.43. The minimum atomic E-state index is -2.58. The number of nitrogens with two attached hydrogens (primary N) is 1. The van der Waals surface area contributed by atoms with Crippen molar-refractivity contribution in [1.82, 2.24) is 15.0 Å². The number of ether oxygens (including phenoxy) is 1. The number of hydrogen-bond donors (Lipinski definition) is 1. The Morgan fingerprint density at radius 1 is 1.24 bits per heavy atom. The summed E-state index contributed by atoms with van der Waals surface area (Å²) in [5.74, 6) is 0.276. The first kappa shape index (κ1) is 13.3. The highest BCUT2D eigenvalue weighted by molar-refractivity contribution is 5.35. The summed E-state index contributed by atoms with van der Waals surface area (Å²) >= 11 is 0. The van der Waals surface area contributed by atoms with Gasteiger partial charge in [-0.3, -0.25) is 0 Å². The molecule has 1 heterocycles. The van der Waals surface area contributed by atoms with Gasteiger partial charge in [0.1, 0.15) is 0 Å². The Labute approximate surface area is 97.8 Å². The Bertz CT molecular complexity index is 359. The molecule has 1 rings (SSSR count). The largest absolute Gasteiger partial charge is 0.457 e. The third-order valence-electron chi connectivity index (χ3n) is 2.01. The second-order valence-electron chi connectivity index (χ2n) is 3.15. The molecule has 0 radical (unpaired) electrons. The molecule has 0 aliphatic carbocycles. The molecular weight excluding hydrogens is 232 g/mol. The summed E-state index contributed by atoms with van der Waals surface area (Å²) < 4.78 is 28.7. The first-order valence-electron chi connectivity index (χ1n) is 5.24. The number of halogens is 2. The summed E-state index contributed by atoms with van der Waals surface area (Å²) in [5, 5.41) is 0. The minimum Gasteiger partial charge on any atom is -0.457 e. The van der Waals surface area contributed by atoms with Crippen LogP contribution < -0.4 is 15.4 Å². The van der Waals surface area contributed by atoms with Gasteiger partial charge in [-0.05, 0) is 13.8 Å². The normalized spacial score (nSPS) is 10.6. The number of hydrogen-bond acceptors (Lipinski definition) is 6. The van der Waals surface area contributed by atoms with Gasteiger partial charge in [-0.2, -0.15) is 15.0 Å². The Kier molecular flexibility index (Phi) is 4.80. The molecule has 1 aromatic rings. The molecule has 2 N–H and O–H groups in total. The van der Waals surface area contributed by atoms with E-state index >= 15 is 0 Å². The van der Waals surface area contributed by atoms with Gasteiger partial charge in [-0.1, -0.05) is 0 Å². The molecule has 0 saturated carbocycles. The van der Waals surface area contributed by atoms with Crippen LogP contribution in [0.5, 0.6) is 6.01 Å². The molecule has 8 heteroatoms. The maximum atomic E-state index is 12.0. The van der Waals surface area contributed by atoms with E-state index in [4.69, 9.17) is 10.5 Å². The summed E-state index contributed by atoms with van der Waals surface area (Å²) in [6, 6.07) is -0.181. The van der Waals surface area contributed by atoms with Crippen molar-refractivity contribution in [1.29, 1.82) is 0 Å². The molecule has 0 fully saturated rings. The van der Waals surface area contributed by atoms with Crippen LogP contribution in [0, 0.1) is 0 Å². The molecule has 0 unspecified atom stereocenters. The number of aromatic nitrogens is 3. The van der Waals surface area contributed by atoms with E-state index in [-0.39, 0.29) is 12.0 Å². The highest BCUT2D eigenvalue weighted by Gasteiger charge is 2.12. The molecule has 6 nitrogen and oxygen atoms in total. The number of rotatable bonds is 6. The molecule has 0 aliphatic rings. The standard InChI is InChI=1S/C9H15F2N5O/c1-3-16(4-2)8-13-7(12)14-9(15-8)17-5-6(10)11/h6H,3-5H2,1-2H3,(H2,12,13,14,15). The Morgan fingerprint density at radius 2 is 1.88 bits per heavy atom. The lowest BCUT2D eigenvalue weighted by molar-refractivity contribution is 0.0770. The molecule has 0 aromatic carbocycles. The number of nitrogen functional groups attached to an aromatic ring is 1. The molecule has 0 spiro atoms. The van der Waals surface area contributed by atoms with Crippen molar-refractivity contribution >= 4 is 11.9 Å². The molecule has 17 heavy (non-hydrogen) atoms. The predicted molar refractivity (Wildman–Crippen MR) is 59.3 cm³/mol. The maximum absolute atomic E-state index is 12.0. The second-order valence-corrected chi connectivity index (χ2v) is 3.15. The molecule has 0 atom stereocenters. The van der Waals surface area contributed by atoms with E-state index in [1.54, 1.807) is 0 Å². The topological polar surface area (TPSA) is 77.2 Å². The van der Waals surface area contributed by atoms with Crippen LogP contribution in [0.25, 0.3) is 0 Å². The molecule has 96 valence electrons. The van der Waals surface area contributed by atoms with Gasteiger partial charge in [0.2, 0.25) is 11.9 Å². The zero-order chi connectivity index (χ0) is 12.8. The van der Waals surface area contributed by atoms with Gasteiger partial charge in [-0.25, -0.2) is 8.78 Å². The highest BCUT2D eigenvalue weighted by Crippen LogP contribution is 2.13. The third-order valence-corrected chi connectivity index (χ3v) is 2.01. The zero-order valence-electron chi connectivity index (χ0n) is 9.73. The van der Waals surface area contributed by atoms with Gasteiger partial charge >= 0.3 is 6.01 Å². The summed E-state index contributed by atoms with van der Waals surface area (Å²) in [6.07, 6.45) is -2.58. The SMILES string of the molecule is CCN(CC)c1nc(N)nc(OCC(F)F)n1. The summed E-state index contributed by atoms with van der Waals surface area (Å²) in [4.78, 5) is 13.3. The van der Waals surface area contributed by atoms with Crippen molar-refractivity contribution < 1.29 is 13.5 Å². The molecule has 0 amide bonds. The van der Waals surface area contributed by atoms with Gasteiger partial charge in [0, 0.05) is 13.1 Å². The van der Waals surface area contributed by atoms with Crippen molar-refractivity contribution in [3.8, 4) is 6.01 Å². The van der Waals surface area contributed by atoms with E-state index in [0.717, 1.165) is 0 Å². The molecule has 0 saturated heterocycles. The number of nitrogens with zero attached hydrogens (tertiary/aromatic N) is 4. The maximum Gasteiger partial charge on any atom is 0.323 e. The number of alkyl halides is 2. The van der Waals surface area contributed by atoms with E-state index in [1.165, 1.54) is 0 Å². The lowest BCUT2D eigenvalue weighted by Crippen LogP contribution is -2.25. The van der Waals surface area contributed by atoms with Crippen LogP contribution in [0.15, 0.2) is 0 Å². The highest BCUT2D eigenvalue weighted by atomic mass is 19.3. The van der Waals surface area contributed by atoms with E-state index in [1.807, 2.05) is 18.7 Å². The van der Waals surface area contributed by atoms with Crippen LogP contribution in [0.4, 0.5) is 20.7 Å². The Balaban J connectivity index is 2.85. The molecule has 0 aliphatic heterocycles. The van der Waals surface area contributed by atoms with Crippen molar-refractivity contribution in [2.75, 3.05) is 30.3 Å². The van der Waals surface area contributed by atoms with Gasteiger partial charge in [0.25, 0.3) is 6.43 Å². The van der Waals surface area contributed by atoms with Crippen LogP contribution in [-0.2, 0) is 0 Å². The lowest BCUT2D eigenvalue weighted by Gasteiger charge is -2.18. The van der Waals surface area contributed by atoms with Crippen molar-refractivity contribution in [3.63, 3.8) is 0 Å². The summed E-state index contributed by atoms with van der Waals surface area (Å²) in [7, 11) is 0. The first-order chi connectivity index (χ1) is 8.06. The Morgan fingerprint density at radius 3 is 2.41 bits per heavy atom. The van der Waals surface area contributed by atoms with Crippen molar-refractivity contribution in [2.45, 2.75) is 20.3 Å². The van der Waals surface area contributed by atoms with E-state index in [9.17, 15) is 8.78 Å². The third kappa shape index (κ3) is 3.97. The molecule has 1 aromatic heterocycles. The second kappa shape index (κ2) is 6.12. The zero-order valence-corrected chi connectivity index (χ0v) is 9.73. The van der Waals surface area contributed by atoms with Gasteiger partial charge in [0.15, 0.2) is 6.61 Å². The minimum absolute atomic E-state index is 0.0498. The summed E-state index contributed by atoms with van der Waals surface area (Å²) in [5.41, 5.74) is 5.46. The average molecular weight is 247 g/mol. The van der Waals surface area contributed by atoms with E-state index in [2.05, 4.69) is 15.0 Å². The quantitative estimate of drug-likeness (QED) is 0.806. The monoisotopic (exact) mass is 247 g/mol. The fourth-order valence-electron chi connectivity index (χ4n) is 1.21. The molecular formula is C9H15F2N5O. The molecule has 0 bridgehead atoms. The van der Waals surface area contributed by atoms with Gasteiger partial charge < -0.3 is 15.4 Å². The van der Waals surface area contributed by atoms with Crippen molar-refractivity contribution in [3.05, 3.63) is 0 Å². The van der Waals surface area contributed by atoms with Crippen LogP contribution in [0.1, 0.15) is 13.8 Å². The smallest absolute Gasteiger partial charge is 0.323 e. The van der Waals surface area contributed by atoms with E-state index in [0.29, 0.717) is 19.0 Å². The van der Waals surface area contributed by atoms with Crippen LogP contribution >= 0.6 is 0 Å². The fourth-order valence-corrected chi connectivity index (χ4v) is 1.21. The first-order valence-corrected chi connectivity index (χ1v) is 5.24. The Hall–Kier alpha value is -1.73. The number of anilines is 2. The van der Waals surface area contributed by atoms with Crippen molar-refractivity contribution in [2.24, 2.45) is 0 Å².